The number of ether oxygens (including phenoxy) is 1. The lowest BCUT2D eigenvalue weighted by Crippen LogP contribution is -2.52. The molecule has 0 atom stereocenters. The van der Waals surface area contributed by atoms with E-state index in [1.165, 1.54) is 24.1 Å². The number of piperidine rings is 1. The van der Waals surface area contributed by atoms with Crippen LogP contribution in [0.15, 0.2) is 59.3 Å². The van der Waals surface area contributed by atoms with Crippen LogP contribution in [0.4, 0.5) is 28.8 Å². The third-order valence-electron chi connectivity index (χ3n) is 10.3. The summed E-state index contributed by atoms with van der Waals surface area (Å²) in [4.78, 5) is 21.5. The van der Waals surface area contributed by atoms with Crippen LogP contribution in [0.2, 0.25) is 0 Å². The highest BCUT2D eigenvalue weighted by Crippen LogP contribution is 2.41. The number of methoxy groups -OCH3 is 1. The van der Waals surface area contributed by atoms with Crippen LogP contribution in [-0.4, -0.2) is 107 Å². The monoisotopic (exact) mass is 786 g/mol. The van der Waals surface area contributed by atoms with Crippen LogP contribution >= 0.6 is 23.1 Å². The first-order valence-corrected chi connectivity index (χ1v) is 21.3. The molecule has 14 heteroatoms. The van der Waals surface area contributed by atoms with Crippen molar-refractivity contribution in [1.29, 1.82) is 0 Å². The zero-order valence-electron chi connectivity index (χ0n) is 30.9. The second-order valence-electron chi connectivity index (χ2n) is 14.2. The number of hydrogen-bond donors (Lipinski definition) is 2. The molecule has 7 rings (SSSR count). The number of halogens is 1. The number of nitrogens with one attached hydrogen (secondary N) is 2. The number of aromatic nitrogens is 5. The number of anilines is 5. The molecule has 274 valence electrons. The summed E-state index contributed by atoms with van der Waals surface area (Å²) in [5, 5.41) is 13.2. The summed E-state index contributed by atoms with van der Waals surface area (Å²) in [6.07, 6.45) is 6.70. The molecule has 2 aliphatic rings. The van der Waals surface area contributed by atoms with E-state index in [-0.39, 0.29) is 0 Å². The van der Waals surface area contributed by atoms with Crippen LogP contribution < -0.4 is 25.6 Å². The van der Waals surface area contributed by atoms with Gasteiger partial charge in [-0.25, -0.2) is 14.6 Å². The average Bonchev–Trinajstić information content (AvgIpc) is 3.49. The van der Waals surface area contributed by atoms with Crippen molar-refractivity contribution in [2.45, 2.75) is 32.2 Å². The van der Waals surface area contributed by atoms with Crippen LogP contribution in [0.25, 0.3) is 22.3 Å². The standard InChI is InChI=1S/C38H48BrN10O2P/c1-7-25-21-31(33(51-4)23-32(25)49-15-12-27(13-16-49)48-19-17-46(2)18-20-48)43-38-41-24-29(39)36(44-38)42-30-11-10-26(22-34(30)52(5,6)50)35-28-9-8-14-40-37(28)47(3)45-35/h8-11,14,21-24,27H,7,12-13,15-20H2,1-6H3,(H2,41,42,43,44). The quantitative estimate of drug-likeness (QED) is 0.147. The van der Waals surface area contributed by atoms with E-state index in [0.29, 0.717) is 33.3 Å². The Morgan fingerprint density at radius 2 is 1.73 bits per heavy atom. The van der Waals surface area contributed by atoms with E-state index in [1.54, 1.807) is 37.5 Å². The molecule has 12 nitrogen and oxygen atoms in total. The van der Waals surface area contributed by atoms with E-state index in [9.17, 15) is 4.57 Å². The highest BCUT2D eigenvalue weighted by molar-refractivity contribution is 9.10. The van der Waals surface area contributed by atoms with Crippen LogP contribution in [0.1, 0.15) is 25.3 Å². The minimum atomic E-state index is -2.74. The van der Waals surface area contributed by atoms with Crippen molar-refractivity contribution < 1.29 is 9.30 Å². The Balaban J connectivity index is 1.12. The first-order valence-electron chi connectivity index (χ1n) is 17.9. The summed E-state index contributed by atoms with van der Waals surface area (Å²) in [6.45, 7) is 12.4. The van der Waals surface area contributed by atoms with Crippen molar-refractivity contribution in [2.75, 3.05) is 82.3 Å². The smallest absolute Gasteiger partial charge is 0.229 e. The van der Waals surface area contributed by atoms with Crippen molar-refractivity contribution in [3.63, 3.8) is 0 Å². The lowest BCUT2D eigenvalue weighted by molar-refractivity contribution is 0.0982. The Morgan fingerprint density at radius 1 is 0.962 bits per heavy atom. The molecule has 0 bridgehead atoms. The Labute approximate surface area is 314 Å². The van der Waals surface area contributed by atoms with E-state index in [1.807, 2.05) is 37.4 Å². The molecule has 2 saturated heterocycles. The Hall–Kier alpha value is -4.03. The van der Waals surface area contributed by atoms with E-state index in [4.69, 9.17) is 14.8 Å². The molecule has 2 N–H and O–H groups in total. The van der Waals surface area contributed by atoms with E-state index >= 15 is 0 Å². The molecule has 0 spiro atoms. The first kappa shape index (κ1) is 36.3. The van der Waals surface area contributed by atoms with Crippen LogP contribution in [0.5, 0.6) is 5.75 Å². The van der Waals surface area contributed by atoms with Gasteiger partial charge in [0.15, 0.2) is 5.65 Å². The number of nitrogens with zero attached hydrogens (tertiary/aromatic N) is 8. The van der Waals surface area contributed by atoms with Gasteiger partial charge in [0.05, 0.1) is 23.0 Å². The molecule has 0 aliphatic carbocycles. The van der Waals surface area contributed by atoms with Crippen molar-refractivity contribution >= 4 is 68.2 Å². The molecule has 0 saturated carbocycles. The molecule has 5 heterocycles. The summed E-state index contributed by atoms with van der Waals surface area (Å²) >= 11 is 3.63. The SMILES string of the molecule is CCc1cc(Nc2ncc(Br)c(Nc3ccc(-c4nn(C)c5ncccc45)cc3P(C)(C)=O)n2)c(OC)cc1N1CCC(N2CCN(C)CC2)CC1. The van der Waals surface area contributed by atoms with Crippen molar-refractivity contribution in [2.24, 2.45) is 7.05 Å². The van der Waals surface area contributed by atoms with Gasteiger partial charge in [-0.3, -0.25) is 4.90 Å². The number of rotatable bonds is 10. The number of likely N-dealkylation sites (N-methyl/N-ethyl adjacent to an activating group) is 1. The number of benzene rings is 2. The second-order valence-corrected chi connectivity index (χ2v) is 18.2. The van der Waals surface area contributed by atoms with Crippen LogP contribution in [-0.2, 0) is 18.0 Å². The fraction of sp³-hybridized carbons (Fsp3) is 0.421. The summed E-state index contributed by atoms with van der Waals surface area (Å²) in [6, 6.07) is 14.8. The van der Waals surface area contributed by atoms with Crippen molar-refractivity contribution in [1.82, 2.24) is 34.5 Å². The van der Waals surface area contributed by atoms with E-state index in [2.05, 4.69) is 77.3 Å². The van der Waals surface area contributed by atoms with Crippen molar-refractivity contribution in [3.8, 4) is 17.0 Å². The molecule has 2 fully saturated rings. The predicted molar refractivity (Wildman–Crippen MR) is 216 cm³/mol. The lowest BCUT2D eigenvalue weighted by atomic mass is 9.99. The number of hydrogen-bond acceptors (Lipinski definition) is 11. The van der Waals surface area contributed by atoms with Gasteiger partial charge >= 0.3 is 0 Å². The number of fused-ring (bicyclic) bond motifs is 1. The number of piperazine rings is 1. The largest absolute Gasteiger partial charge is 0.494 e. The van der Waals surface area contributed by atoms with Gasteiger partial charge in [0.2, 0.25) is 5.95 Å². The summed E-state index contributed by atoms with van der Waals surface area (Å²) < 4.78 is 22.1. The molecule has 3 aromatic heterocycles. The maximum Gasteiger partial charge on any atom is 0.229 e. The fourth-order valence-corrected chi connectivity index (χ4v) is 8.87. The topological polar surface area (TPSA) is 117 Å². The van der Waals surface area contributed by atoms with Gasteiger partial charge in [-0.1, -0.05) is 13.0 Å². The average molecular weight is 788 g/mol. The predicted octanol–water partition coefficient (Wildman–Crippen LogP) is 6.71. The summed E-state index contributed by atoms with van der Waals surface area (Å²) in [5.74, 6) is 1.69. The van der Waals surface area contributed by atoms with E-state index < -0.39 is 7.14 Å². The highest BCUT2D eigenvalue weighted by Gasteiger charge is 2.28. The van der Waals surface area contributed by atoms with E-state index in [0.717, 1.165) is 79.4 Å². The zero-order valence-corrected chi connectivity index (χ0v) is 33.3. The molecule has 5 aromatic rings. The number of aryl methyl sites for hydroxylation is 2. The van der Waals surface area contributed by atoms with Gasteiger partial charge in [0.1, 0.15) is 24.4 Å². The molecule has 2 aromatic carbocycles. The summed E-state index contributed by atoms with van der Waals surface area (Å²) in [7, 11) is 3.06. The molecular formula is C38H48BrN10O2P. The van der Waals surface area contributed by atoms with Crippen LogP contribution in [0.3, 0.4) is 0 Å². The van der Waals surface area contributed by atoms with Gasteiger partial charge in [-0.15, -0.1) is 0 Å². The fourth-order valence-electron chi connectivity index (χ4n) is 7.41. The maximum atomic E-state index is 13.7. The maximum absolute atomic E-state index is 13.7. The molecule has 0 radical (unpaired) electrons. The minimum Gasteiger partial charge on any atom is -0.494 e. The summed E-state index contributed by atoms with van der Waals surface area (Å²) in [5.41, 5.74) is 6.44. The minimum absolute atomic E-state index is 0.411. The van der Waals surface area contributed by atoms with Gasteiger partial charge in [-0.2, -0.15) is 10.1 Å². The Kier molecular flexibility index (Phi) is 10.6. The normalized spacial score (nSPS) is 16.4. The van der Waals surface area contributed by atoms with Gasteiger partial charge in [-0.05, 0) is 91.5 Å². The third-order valence-corrected chi connectivity index (χ3v) is 12.4. The molecule has 52 heavy (non-hydrogen) atoms. The molecule has 0 amide bonds. The molecular weight excluding hydrogens is 739 g/mol. The van der Waals surface area contributed by atoms with Gasteiger partial charge < -0.3 is 29.7 Å². The second kappa shape index (κ2) is 15.1. The van der Waals surface area contributed by atoms with Crippen molar-refractivity contribution in [3.05, 3.63) is 64.9 Å². The Morgan fingerprint density at radius 3 is 2.44 bits per heavy atom. The number of pyridine rings is 1. The molecule has 2 aliphatic heterocycles. The first-order chi connectivity index (χ1) is 25.0. The lowest BCUT2D eigenvalue weighted by Gasteiger charge is -2.43. The van der Waals surface area contributed by atoms with Crippen LogP contribution in [0, 0.1) is 0 Å². The van der Waals surface area contributed by atoms with Gasteiger partial charge in [0.25, 0.3) is 0 Å². The highest BCUT2D eigenvalue weighted by atomic mass is 79.9. The Bertz CT molecular complexity index is 2120. The third kappa shape index (κ3) is 7.55. The zero-order chi connectivity index (χ0) is 36.6. The molecule has 0 unspecified atom stereocenters. The van der Waals surface area contributed by atoms with Gasteiger partial charge in [0, 0.05) is 92.8 Å².